The maximum Gasteiger partial charge on any atom is 0.435 e. The van der Waals surface area contributed by atoms with E-state index in [2.05, 4.69) is 21.6 Å². The number of rotatable bonds is 4. The molecule has 1 N–H and O–H groups in total. The van der Waals surface area contributed by atoms with E-state index in [0.717, 1.165) is 25.3 Å². The van der Waals surface area contributed by atoms with Crippen LogP contribution < -0.4 is 5.32 Å². The Hall–Kier alpha value is -1.59. The lowest BCUT2D eigenvalue weighted by Crippen LogP contribution is -2.11. The first-order valence-electron chi connectivity index (χ1n) is 6.38. The highest BCUT2D eigenvalue weighted by Crippen LogP contribution is 2.27. The van der Waals surface area contributed by atoms with E-state index in [-0.39, 0.29) is 0 Å². The molecule has 0 saturated heterocycles. The number of allylic oxidation sites excluding steroid dienone is 1. The van der Waals surface area contributed by atoms with Crippen LogP contribution in [-0.2, 0) is 6.18 Å². The monoisotopic (exact) mass is 271 g/mol. The van der Waals surface area contributed by atoms with Crippen molar-refractivity contribution in [1.29, 1.82) is 0 Å². The lowest BCUT2D eigenvalue weighted by molar-refractivity contribution is -0.141. The number of anilines is 1. The van der Waals surface area contributed by atoms with Crippen LogP contribution in [0.15, 0.2) is 23.8 Å². The van der Waals surface area contributed by atoms with E-state index in [0.29, 0.717) is 12.4 Å². The first kappa shape index (κ1) is 13.8. The molecule has 1 heterocycles. The smallest absolute Gasteiger partial charge is 0.368 e. The van der Waals surface area contributed by atoms with Gasteiger partial charge in [0.1, 0.15) is 5.82 Å². The van der Waals surface area contributed by atoms with Crippen LogP contribution in [0, 0.1) is 0 Å². The van der Waals surface area contributed by atoms with Crippen LogP contribution >= 0.6 is 0 Å². The third kappa shape index (κ3) is 4.22. The topological polar surface area (TPSA) is 37.8 Å². The van der Waals surface area contributed by atoms with Crippen molar-refractivity contribution in [1.82, 2.24) is 10.2 Å². The van der Waals surface area contributed by atoms with Crippen LogP contribution in [0.25, 0.3) is 0 Å². The second-order valence-corrected chi connectivity index (χ2v) is 4.59. The second kappa shape index (κ2) is 6.04. The molecular weight excluding hydrogens is 255 g/mol. The lowest BCUT2D eigenvalue weighted by atomic mass is 9.97. The molecule has 0 bridgehead atoms. The van der Waals surface area contributed by atoms with Crippen LogP contribution in [0.3, 0.4) is 0 Å². The van der Waals surface area contributed by atoms with E-state index in [1.165, 1.54) is 24.5 Å². The fourth-order valence-electron chi connectivity index (χ4n) is 2.06. The lowest BCUT2D eigenvalue weighted by Gasteiger charge is -2.13. The molecule has 0 amide bonds. The number of nitrogens with zero attached hydrogens (tertiary/aromatic N) is 2. The SMILES string of the molecule is FC(F)(F)c1ccc(NCCC2=CCCCC2)nn1. The van der Waals surface area contributed by atoms with Crippen molar-refractivity contribution >= 4 is 5.82 Å². The van der Waals surface area contributed by atoms with Gasteiger partial charge in [0.2, 0.25) is 0 Å². The molecule has 6 heteroatoms. The van der Waals surface area contributed by atoms with Gasteiger partial charge in [-0.2, -0.15) is 13.2 Å². The zero-order valence-corrected chi connectivity index (χ0v) is 10.5. The van der Waals surface area contributed by atoms with Crippen LogP contribution in [0.1, 0.15) is 37.8 Å². The Morgan fingerprint density at radius 1 is 1.16 bits per heavy atom. The van der Waals surface area contributed by atoms with Gasteiger partial charge in [-0.05, 0) is 44.2 Å². The Bertz CT molecular complexity index is 437. The van der Waals surface area contributed by atoms with Gasteiger partial charge in [-0.25, -0.2) is 0 Å². The van der Waals surface area contributed by atoms with Gasteiger partial charge in [-0.1, -0.05) is 11.6 Å². The molecule has 0 radical (unpaired) electrons. The molecule has 0 spiro atoms. The highest BCUT2D eigenvalue weighted by molar-refractivity contribution is 5.33. The fraction of sp³-hybridized carbons (Fsp3) is 0.538. The summed E-state index contributed by atoms with van der Waals surface area (Å²) in [4.78, 5) is 0. The Kier molecular flexibility index (Phi) is 4.39. The first-order valence-corrected chi connectivity index (χ1v) is 6.38. The molecule has 1 aromatic rings. The fourth-order valence-corrected chi connectivity index (χ4v) is 2.06. The Balaban J connectivity index is 1.81. The predicted octanol–water partition coefficient (Wildman–Crippen LogP) is 3.80. The van der Waals surface area contributed by atoms with Crippen LogP contribution in [0.5, 0.6) is 0 Å². The minimum Gasteiger partial charge on any atom is -0.368 e. The summed E-state index contributed by atoms with van der Waals surface area (Å²) in [7, 11) is 0. The summed E-state index contributed by atoms with van der Waals surface area (Å²) in [5.74, 6) is 0.379. The van der Waals surface area contributed by atoms with Crippen molar-refractivity contribution < 1.29 is 13.2 Å². The molecule has 2 rings (SSSR count). The first-order chi connectivity index (χ1) is 9.05. The molecule has 19 heavy (non-hydrogen) atoms. The van der Waals surface area contributed by atoms with Gasteiger partial charge in [0.15, 0.2) is 5.69 Å². The van der Waals surface area contributed by atoms with Gasteiger partial charge in [0.25, 0.3) is 0 Å². The Morgan fingerprint density at radius 3 is 2.58 bits per heavy atom. The molecule has 104 valence electrons. The molecule has 0 aromatic carbocycles. The van der Waals surface area contributed by atoms with Gasteiger partial charge in [-0.3, -0.25) is 0 Å². The van der Waals surface area contributed by atoms with E-state index in [9.17, 15) is 13.2 Å². The molecule has 1 aliphatic carbocycles. The molecular formula is C13H16F3N3. The van der Waals surface area contributed by atoms with Crippen molar-refractivity contribution in [2.45, 2.75) is 38.3 Å². The zero-order chi connectivity index (χ0) is 13.7. The van der Waals surface area contributed by atoms with Crippen molar-refractivity contribution in [3.63, 3.8) is 0 Å². The average Bonchev–Trinajstić information content (AvgIpc) is 2.39. The van der Waals surface area contributed by atoms with Crippen molar-refractivity contribution in [2.24, 2.45) is 0 Å². The molecule has 1 aromatic heterocycles. The van der Waals surface area contributed by atoms with Gasteiger partial charge in [0.05, 0.1) is 0 Å². The largest absolute Gasteiger partial charge is 0.435 e. The molecule has 0 unspecified atom stereocenters. The standard InChI is InChI=1S/C13H16F3N3/c14-13(15,16)11-6-7-12(19-18-11)17-9-8-10-4-2-1-3-5-10/h4,6-7H,1-3,5,8-9H2,(H,17,19). The highest BCUT2D eigenvalue weighted by Gasteiger charge is 2.32. The minimum absolute atomic E-state index is 0.379. The summed E-state index contributed by atoms with van der Waals surface area (Å²) in [5.41, 5.74) is 0.451. The zero-order valence-electron chi connectivity index (χ0n) is 10.5. The number of halogens is 3. The van der Waals surface area contributed by atoms with Crippen molar-refractivity contribution in [2.75, 3.05) is 11.9 Å². The maximum absolute atomic E-state index is 12.3. The summed E-state index contributed by atoms with van der Waals surface area (Å²) < 4.78 is 36.9. The quantitative estimate of drug-likeness (QED) is 0.846. The average molecular weight is 271 g/mol. The molecule has 0 aliphatic heterocycles. The summed E-state index contributed by atoms with van der Waals surface area (Å²) in [6, 6.07) is 2.25. The predicted molar refractivity (Wildman–Crippen MR) is 66.7 cm³/mol. The third-order valence-electron chi connectivity index (χ3n) is 3.09. The molecule has 3 nitrogen and oxygen atoms in total. The Morgan fingerprint density at radius 2 is 2.00 bits per heavy atom. The molecule has 1 aliphatic rings. The van der Waals surface area contributed by atoms with Crippen molar-refractivity contribution in [3.8, 4) is 0 Å². The van der Waals surface area contributed by atoms with Crippen LogP contribution in [0.4, 0.5) is 19.0 Å². The van der Waals surface area contributed by atoms with E-state index >= 15 is 0 Å². The maximum atomic E-state index is 12.3. The number of nitrogens with one attached hydrogen (secondary N) is 1. The van der Waals surface area contributed by atoms with Crippen LogP contribution in [0.2, 0.25) is 0 Å². The van der Waals surface area contributed by atoms with E-state index in [1.807, 2.05) is 0 Å². The third-order valence-corrected chi connectivity index (χ3v) is 3.09. The van der Waals surface area contributed by atoms with Gasteiger partial charge >= 0.3 is 6.18 Å². The number of alkyl halides is 3. The van der Waals surface area contributed by atoms with Crippen molar-refractivity contribution in [3.05, 3.63) is 29.5 Å². The normalized spacial score (nSPS) is 16.1. The van der Waals surface area contributed by atoms with Gasteiger partial charge < -0.3 is 5.32 Å². The Labute approximate surface area is 109 Å². The summed E-state index contributed by atoms with van der Waals surface area (Å²) in [6.45, 7) is 0.672. The van der Waals surface area contributed by atoms with Crippen LogP contribution in [-0.4, -0.2) is 16.7 Å². The van der Waals surface area contributed by atoms with Gasteiger partial charge in [0, 0.05) is 6.54 Å². The van der Waals surface area contributed by atoms with Gasteiger partial charge in [-0.15, -0.1) is 10.2 Å². The van der Waals surface area contributed by atoms with E-state index in [1.54, 1.807) is 0 Å². The molecule has 0 atom stereocenters. The number of aromatic nitrogens is 2. The molecule has 0 saturated carbocycles. The highest BCUT2D eigenvalue weighted by atomic mass is 19.4. The summed E-state index contributed by atoms with van der Waals surface area (Å²) in [5, 5.41) is 9.68. The van der Waals surface area contributed by atoms with E-state index in [4.69, 9.17) is 0 Å². The summed E-state index contributed by atoms with van der Waals surface area (Å²) in [6.07, 6.45) is 3.47. The minimum atomic E-state index is -4.43. The van der Waals surface area contributed by atoms with E-state index < -0.39 is 11.9 Å². The molecule has 0 fully saturated rings. The number of hydrogen-bond acceptors (Lipinski definition) is 3. The second-order valence-electron chi connectivity index (χ2n) is 4.59. The number of hydrogen-bond donors (Lipinski definition) is 1. The summed E-state index contributed by atoms with van der Waals surface area (Å²) >= 11 is 0.